The number of amides is 6. The van der Waals surface area contributed by atoms with Gasteiger partial charge in [-0.15, -0.1) is 0 Å². The second-order valence-electron chi connectivity index (χ2n) is 15.6. The number of nitrogens with one attached hydrogen (secondary N) is 4. The lowest BCUT2D eigenvalue weighted by molar-refractivity contribution is -0.156. The van der Waals surface area contributed by atoms with Crippen LogP contribution in [-0.4, -0.2) is 135 Å². The molecule has 7 atom stereocenters. The van der Waals surface area contributed by atoms with Gasteiger partial charge in [-0.1, -0.05) is 49.4 Å². The van der Waals surface area contributed by atoms with Crippen molar-refractivity contribution in [3.05, 3.63) is 89.7 Å². The molecule has 3 saturated heterocycles. The highest BCUT2D eigenvalue weighted by Crippen LogP contribution is 2.27. The summed E-state index contributed by atoms with van der Waals surface area (Å²) in [6.07, 6.45) is 0.167. The number of cyclic esters (lactones) is 1. The van der Waals surface area contributed by atoms with Crippen LogP contribution in [0, 0.1) is 0 Å². The molecule has 18 heteroatoms. The van der Waals surface area contributed by atoms with Crippen molar-refractivity contribution in [3.63, 3.8) is 0 Å². The molecule has 62 heavy (non-hydrogen) atoms. The normalized spacial score (nSPS) is 25.6. The Morgan fingerprint density at radius 1 is 0.871 bits per heavy atom. The molecule has 0 bridgehead atoms. The van der Waals surface area contributed by atoms with E-state index in [9.17, 15) is 43.5 Å². The first-order valence-corrected chi connectivity index (χ1v) is 20.7. The number of carbonyl (C=O) groups excluding carboxylic acids is 8. The summed E-state index contributed by atoms with van der Waals surface area (Å²) in [5, 5.41) is 21.3. The minimum absolute atomic E-state index is 0.0262. The number of hydrogen-bond donors (Lipinski definition) is 5. The van der Waals surface area contributed by atoms with E-state index in [0.29, 0.717) is 12.0 Å². The van der Waals surface area contributed by atoms with E-state index in [-0.39, 0.29) is 56.5 Å². The van der Waals surface area contributed by atoms with Gasteiger partial charge in [-0.2, -0.15) is 0 Å². The lowest BCUT2D eigenvalue weighted by atomic mass is 9.95. The van der Waals surface area contributed by atoms with Crippen LogP contribution < -0.4 is 21.3 Å². The number of anilines is 1. The number of rotatable bonds is 7. The summed E-state index contributed by atoms with van der Waals surface area (Å²) in [6, 6.07) is 9.88. The number of esters is 1. The van der Waals surface area contributed by atoms with Gasteiger partial charge in [0.05, 0.1) is 0 Å². The molecule has 5 N–H and O–H groups in total. The lowest BCUT2D eigenvalue weighted by Crippen LogP contribution is -2.61. The van der Waals surface area contributed by atoms with Gasteiger partial charge in [-0.3, -0.25) is 33.6 Å². The topological polar surface area (TPSA) is 237 Å². The Balaban J connectivity index is 1.43. The Kier molecular flexibility index (Phi) is 14.2. The van der Waals surface area contributed by atoms with Gasteiger partial charge < -0.3 is 45.8 Å². The van der Waals surface area contributed by atoms with Gasteiger partial charge in [0.15, 0.2) is 11.7 Å². The fourth-order valence-corrected chi connectivity index (χ4v) is 8.07. The molecule has 0 spiro atoms. The van der Waals surface area contributed by atoms with Crippen LogP contribution in [0.15, 0.2) is 72.9 Å². The molecule has 0 saturated carbocycles. The van der Waals surface area contributed by atoms with Gasteiger partial charge in [0.25, 0.3) is 5.91 Å². The van der Waals surface area contributed by atoms with E-state index in [1.165, 1.54) is 47.0 Å². The van der Waals surface area contributed by atoms with Crippen molar-refractivity contribution in [1.82, 2.24) is 35.6 Å². The molecule has 3 fully saturated rings. The third kappa shape index (κ3) is 9.85. The van der Waals surface area contributed by atoms with Crippen molar-refractivity contribution in [2.24, 2.45) is 0 Å². The molecule has 3 aromatic rings. The Hall–Kier alpha value is -6.85. The van der Waals surface area contributed by atoms with Crippen molar-refractivity contribution in [3.8, 4) is 5.75 Å². The van der Waals surface area contributed by atoms with Crippen molar-refractivity contribution < 1.29 is 48.2 Å². The monoisotopic (exact) mass is 852 g/mol. The molecular weight excluding hydrogens is 801 g/mol. The van der Waals surface area contributed by atoms with Crippen LogP contribution in [0.2, 0.25) is 0 Å². The molecule has 1 unspecified atom stereocenters. The van der Waals surface area contributed by atoms with Gasteiger partial charge in [-0.25, -0.2) is 9.78 Å². The van der Waals surface area contributed by atoms with Crippen LogP contribution in [0.1, 0.15) is 73.6 Å². The molecule has 6 rings (SSSR count). The molecule has 3 aliphatic heterocycles. The number of nitrogens with zero attached hydrogens (tertiary/aromatic N) is 4. The van der Waals surface area contributed by atoms with E-state index in [2.05, 4.69) is 26.3 Å². The van der Waals surface area contributed by atoms with E-state index in [4.69, 9.17) is 4.74 Å². The van der Waals surface area contributed by atoms with Gasteiger partial charge in [0, 0.05) is 58.3 Å². The fraction of sp³-hybridized carbons (Fsp3) is 0.432. The van der Waals surface area contributed by atoms with Crippen LogP contribution in [-0.2, 0) is 44.7 Å². The zero-order valence-corrected chi connectivity index (χ0v) is 35.0. The Labute approximate surface area is 358 Å². The third-order valence-electron chi connectivity index (χ3n) is 11.6. The number of benzene rings is 2. The maximum absolute atomic E-state index is 14.9. The van der Waals surface area contributed by atoms with Crippen molar-refractivity contribution in [2.75, 3.05) is 32.5 Å². The summed E-state index contributed by atoms with van der Waals surface area (Å²) < 4.78 is 5.84. The number of pyridine rings is 1. The molecule has 18 nitrogen and oxygen atoms in total. The quantitative estimate of drug-likeness (QED) is 0.211. The van der Waals surface area contributed by atoms with Crippen LogP contribution in [0.5, 0.6) is 5.75 Å². The molecule has 6 amide bonds. The van der Waals surface area contributed by atoms with Crippen molar-refractivity contribution >= 4 is 52.9 Å². The molecule has 0 aliphatic carbocycles. The molecule has 3 aliphatic rings. The molecule has 2 aromatic carbocycles. The minimum atomic E-state index is -1.68. The average molecular weight is 853 g/mol. The number of Topliss-reactive ketones (excluding diaryl/α,β-unsaturated/α-hetero) is 1. The fourth-order valence-electron chi connectivity index (χ4n) is 8.07. The van der Waals surface area contributed by atoms with Gasteiger partial charge in [-0.05, 0) is 61.6 Å². The van der Waals surface area contributed by atoms with Gasteiger partial charge in [0.2, 0.25) is 29.5 Å². The SMILES string of the molecule is CC[C@H]1NC(=O)[C@@H](NC(=O)c2ncccc2O)[C@@H](C)OC(=O)[C@H](c2ccccc2)NC(=O)[C@@H]2CC(=O)CCN2C(=O)C(Cc2ccc(NC)cc2)N(C)C(=O)[C@@H]2CCCN2C1=O. The first-order valence-electron chi connectivity index (χ1n) is 20.7. The maximum atomic E-state index is 14.9. The zero-order valence-electron chi connectivity index (χ0n) is 35.0. The number of likely N-dealkylation sites (N-methyl/N-ethyl adjacent to an activating group) is 1. The van der Waals surface area contributed by atoms with Crippen LogP contribution in [0.25, 0.3) is 0 Å². The highest BCUT2D eigenvalue weighted by Gasteiger charge is 2.45. The summed E-state index contributed by atoms with van der Waals surface area (Å²) in [5.41, 5.74) is 1.35. The highest BCUT2D eigenvalue weighted by atomic mass is 16.5. The number of hydrogen-bond acceptors (Lipinski definition) is 12. The van der Waals surface area contributed by atoms with E-state index in [0.717, 1.165) is 5.69 Å². The van der Waals surface area contributed by atoms with Crippen molar-refractivity contribution in [2.45, 2.75) is 94.7 Å². The number of ketones is 1. The smallest absolute Gasteiger partial charge is 0.333 e. The van der Waals surface area contributed by atoms with Crippen LogP contribution >= 0.6 is 0 Å². The Morgan fingerprint density at radius 2 is 1.58 bits per heavy atom. The number of aromatic nitrogens is 1. The summed E-state index contributed by atoms with van der Waals surface area (Å²) in [5.74, 6) is -6.34. The standard InChI is InChI=1S/C44H52N8O10/c1-5-30-41(58)51-21-10-13-31(51)42(59)50(4)33(23-26-15-17-28(45-3)18-16-26)43(60)52-22-19-29(53)24-32(52)38(55)49-36(27-11-7-6-8-12-27)44(61)62-25(2)35(39(56)47-30)48-40(57)37-34(54)14-9-20-46-37/h6-9,11-12,14-18,20,25,30-33,35-36,45,54H,5,10,13,19,21-24H2,1-4H3,(H,47,56)(H,48,57)(H,49,55)/t25-,30-,31+,32+,33?,35+,36+/m1/s1. The summed E-state index contributed by atoms with van der Waals surface area (Å²) >= 11 is 0. The number of fused-ring (bicyclic) bond motifs is 2. The van der Waals surface area contributed by atoms with E-state index < -0.39 is 95.2 Å². The molecule has 4 heterocycles. The van der Waals surface area contributed by atoms with E-state index >= 15 is 0 Å². The summed E-state index contributed by atoms with van der Waals surface area (Å²) in [4.78, 5) is 121. The number of piperidine rings is 1. The number of ether oxygens (including phenoxy) is 1. The van der Waals surface area contributed by atoms with Crippen LogP contribution in [0.3, 0.4) is 0 Å². The van der Waals surface area contributed by atoms with Gasteiger partial charge >= 0.3 is 5.97 Å². The average Bonchev–Trinajstić information content (AvgIpc) is 3.77. The Bertz CT molecular complexity index is 2190. The van der Waals surface area contributed by atoms with Crippen LogP contribution in [0.4, 0.5) is 5.69 Å². The minimum Gasteiger partial charge on any atom is -0.505 e. The predicted molar refractivity (Wildman–Crippen MR) is 223 cm³/mol. The van der Waals surface area contributed by atoms with Gasteiger partial charge in [0.1, 0.15) is 47.8 Å². The van der Waals surface area contributed by atoms with E-state index in [1.54, 1.807) is 44.3 Å². The first kappa shape index (κ1) is 44.7. The zero-order chi connectivity index (χ0) is 44.7. The van der Waals surface area contributed by atoms with Crippen molar-refractivity contribution in [1.29, 1.82) is 0 Å². The van der Waals surface area contributed by atoms with E-state index in [1.807, 2.05) is 24.3 Å². The summed E-state index contributed by atoms with van der Waals surface area (Å²) in [6.45, 7) is 3.01. The molecule has 0 radical (unpaired) electrons. The lowest BCUT2D eigenvalue weighted by Gasteiger charge is -2.40. The second kappa shape index (κ2) is 19.7. The molecule has 1 aromatic heterocycles. The molecular formula is C44H52N8O10. The largest absolute Gasteiger partial charge is 0.505 e. The summed E-state index contributed by atoms with van der Waals surface area (Å²) in [7, 11) is 3.23. The third-order valence-corrected chi connectivity index (χ3v) is 11.6. The predicted octanol–water partition coefficient (Wildman–Crippen LogP) is 1.25. The maximum Gasteiger partial charge on any atom is 0.333 e. The highest BCUT2D eigenvalue weighted by molar-refractivity contribution is 6.01. The number of aromatic hydroxyl groups is 1. The number of carbonyl (C=O) groups is 8. The second-order valence-corrected chi connectivity index (χ2v) is 15.6. The molecule has 328 valence electrons. The first-order chi connectivity index (χ1) is 29.7. The Morgan fingerprint density at radius 3 is 2.26 bits per heavy atom.